The van der Waals surface area contributed by atoms with Gasteiger partial charge in [-0.05, 0) is 31.9 Å². The van der Waals surface area contributed by atoms with E-state index in [2.05, 4.69) is 15.2 Å². The fourth-order valence-corrected chi connectivity index (χ4v) is 5.76. The number of rotatable bonds is 5. The lowest BCUT2D eigenvalue weighted by Crippen LogP contribution is -2.19. The summed E-state index contributed by atoms with van der Waals surface area (Å²) in [6.45, 7) is 1.98. The number of thiophene rings is 1. The molecule has 30 heavy (non-hydrogen) atoms. The Morgan fingerprint density at radius 1 is 1.33 bits per heavy atom. The third-order valence-electron chi connectivity index (χ3n) is 5.58. The van der Waals surface area contributed by atoms with Crippen molar-refractivity contribution in [3.05, 3.63) is 45.8 Å². The molecular weight excluding hydrogens is 420 g/mol. The number of nitrogen functional groups attached to an aromatic ring is 1. The highest BCUT2D eigenvalue weighted by atomic mass is 32.2. The van der Waals surface area contributed by atoms with Crippen molar-refractivity contribution in [2.24, 2.45) is 0 Å². The molecule has 0 radical (unpaired) electrons. The quantitative estimate of drug-likeness (QED) is 0.346. The molecule has 4 heterocycles. The maximum Gasteiger partial charge on any atom is 0.260 e. The lowest BCUT2D eigenvalue weighted by molar-refractivity contribution is 0.421. The third kappa shape index (κ3) is 3.43. The van der Waals surface area contributed by atoms with Crippen LogP contribution in [0.2, 0.25) is 0 Å². The molecule has 4 aromatic rings. The van der Waals surface area contributed by atoms with Gasteiger partial charge in [-0.1, -0.05) is 31.0 Å². The molecule has 1 saturated carbocycles. The van der Waals surface area contributed by atoms with E-state index in [-0.39, 0.29) is 10.8 Å². The normalized spacial score (nSPS) is 16.3. The molecule has 4 aromatic heterocycles. The van der Waals surface area contributed by atoms with Crippen LogP contribution in [0.1, 0.15) is 61.8 Å². The van der Waals surface area contributed by atoms with Gasteiger partial charge in [0.2, 0.25) is 5.16 Å². The number of H-pyrrole nitrogens is 1. The Hall–Kier alpha value is -2.59. The molecule has 0 saturated heterocycles. The van der Waals surface area contributed by atoms with Gasteiger partial charge in [-0.25, -0.2) is 9.66 Å². The van der Waals surface area contributed by atoms with E-state index in [0.29, 0.717) is 32.9 Å². The second-order valence-corrected chi connectivity index (χ2v) is 9.73. The summed E-state index contributed by atoms with van der Waals surface area (Å²) in [6.07, 6.45) is 7.51. The zero-order valence-electron chi connectivity index (χ0n) is 16.5. The number of aromatic amines is 1. The number of fused-ring (bicyclic) bond motifs is 1. The first kappa shape index (κ1) is 19.4. The van der Waals surface area contributed by atoms with Gasteiger partial charge >= 0.3 is 0 Å². The van der Waals surface area contributed by atoms with E-state index in [1.54, 1.807) is 17.0 Å². The van der Waals surface area contributed by atoms with Crippen LogP contribution in [-0.2, 0) is 0 Å². The predicted molar refractivity (Wildman–Crippen MR) is 118 cm³/mol. The highest BCUT2D eigenvalue weighted by Crippen LogP contribution is 2.37. The van der Waals surface area contributed by atoms with E-state index in [1.807, 2.05) is 18.4 Å². The summed E-state index contributed by atoms with van der Waals surface area (Å²) in [6, 6.07) is 3.64. The molecule has 0 amide bonds. The number of thioether (sulfide) groups is 1. The van der Waals surface area contributed by atoms with E-state index < -0.39 is 0 Å². The second-order valence-electron chi connectivity index (χ2n) is 7.56. The maximum absolute atomic E-state index is 12.8. The molecule has 1 atom stereocenters. The highest BCUT2D eigenvalue weighted by molar-refractivity contribution is 7.99. The van der Waals surface area contributed by atoms with Gasteiger partial charge in [0.15, 0.2) is 5.82 Å². The fraction of sp³-hybridized carbons (Fsp3) is 0.400. The lowest BCUT2D eigenvalue weighted by Gasteiger charge is -2.20. The molecule has 156 valence electrons. The van der Waals surface area contributed by atoms with Crippen molar-refractivity contribution in [2.45, 2.75) is 55.4 Å². The average molecular weight is 443 g/mol. The zero-order chi connectivity index (χ0) is 20.7. The molecule has 0 spiro atoms. The Morgan fingerprint density at radius 3 is 2.93 bits per heavy atom. The fourth-order valence-electron chi connectivity index (χ4n) is 3.99. The van der Waals surface area contributed by atoms with E-state index in [1.165, 1.54) is 42.4 Å². The number of nitrogens with two attached hydrogens (primary N) is 1. The van der Waals surface area contributed by atoms with Crippen molar-refractivity contribution in [1.82, 2.24) is 24.8 Å². The van der Waals surface area contributed by atoms with Crippen molar-refractivity contribution in [2.75, 3.05) is 5.84 Å². The summed E-state index contributed by atoms with van der Waals surface area (Å²) in [7, 11) is 0. The number of hydrogen-bond donors (Lipinski definition) is 2. The molecule has 3 N–H and O–H groups in total. The van der Waals surface area contributed by atoms with E-state index in [9.17, 15) is 4.79 Å². The van der Waals surface area contributed by atoms with Crippen molar-refractivity contribution in [1.29, 1.82) is 0 Å². The molecule has 1 aliphatic carbocycles. The number of nitrogens with one attached hydrogen (secondary N) is 1. The first-order valence-corrected chi connectivity index (χ1v) is 11.8. The van der Waals surface area contributed by atoms with Gasteiger partial charge in [0.05, 0.1) is 16.9 Å². The predicted octanol–water partition coefficient (Wildman–Crippen LogP) is 4.45. The van der Waals surface area contributed by atoms with Crippen molar-refractivity contribution in [3.8, 4) is 11.3 Å². The van der Waals surface area contributed by atoms with Crippen LogP contribution in [0.4, 0.5) is 0 Å². The molecule has 1 aliphatic rings. The summed E-state index contributed by atoms with van der Waals surface area (Å²) in [4.78, 5) is 21.1. The minimum Gasteiger partial charge on any atom is -0.464 e. The molecule has 0 aliphatic heterocycles. The third-order valence-corrected chi connectivity index (χ3v) is 7.52. The summed E-state index contributed by atoms with van der Waals surface area (Å²) < 4.78 is 7.06. The SMILES string of the molecule is CC(Sc1nnc(C2CCCCC2)n1N)c1nc2scc(-c3ccco3)c2c(=O)[nH]1. The van der Waals surface area contributed by atoms with Gasteiger partial charge in [-0.2, -0.15) is 0 Å². The van der Waals surface area contributed by atoms with Gasteiger partial charge in [0.25, 0.3) is 5.56 Å². The molecule has 8 nitrogen and oxygen atoms in total. The number of aromatic nitrogens is 5. The van der Waals surface area contributed by atoms with Crippen LogP contribution in [0.3, 0.4) is 0 Å². The van der Waals surface area contributed by atoms with Gasteiger partial charge in [0.1, 0.15) is 16.4 Å². The molecule has 10 heteroatoms. The van der Waals surface area contributed by atoms with Crippen LogP contribution in [-0.4, -0.2) is 24.8 Å². The number of nitrogens with zero attached hydrogens (tertiary/aromatic N) is 4. The Bertz CT molecular complexity index is 1220. The number of hydrogen-bond acceptors (Lipinski definition) is 8. The van der Waals surface area contributed by atoms with Crippen LogP contribution in [0, 0.1) is 0 Å². The lowest BCUT2D eigenvalue weighted by atomic mass is 9.89. The first-order chi connectivity index (χ1) is 14.6. The molecule has 0 aromatic carbocycles. The topological polar surface area (TPSA) is 116 Å². The van der Waals surface area contributed by atoms with Crippen LogP contribution < -0.4 is 11.4 Å². The summed E-state index contributed by atoms with van der Waals surface area (Å²) >= 11 is 2.88. The summed E-state index contributed by atoms with van der Waals surface area (Å²) in [5, 5.41) is 11.6. The van der Waals surface area contributed by atoms with Gasteiger partial charge in [0, 0.05) is 16.9 Å². The minimum absolute atomic E-state index is 0.137. The number of furan rings is 1. The average Bonchev–Trinajstić information content (AvgIpc) is 3.49. The van der Waals surface area contributed by atoms with Crippen LogP contribution >= 0.6 is 23.1 Å². The Morgan fingerprint density at radius 2 is 2.17 bits per heavy atom. The monoisotopic (exact) mass is 442 g/mol. The highest BCUT2D eigenvalue weighted by Gasteiger charge is 2.24. The van der Waals surface area contributed by atoms with E-state index in [4.69, 9.17) is 15.2 Å². The molecule has 1 fully saturated rings. The summed E-state index contributed by atoms with van der Waals surface area (Å²) in [5.41, 5.74) is 0.589. The standard InChI is InChI=1S/C20H22N6O2S2/c1-11(30-20-25-24-17(26(20)21)12-6-3-2-4-7-12)16-22-18(27)15-13(10-29-19(15)23-16)14-8-5-9-28-14/h5,8-12H,2-4,6-7,21H2,1H3,(H,22,23,27). The van der Waals surface area contributed by atoms with E-state index in [0.717, 1.165) is 24.2 Å². The van der Waals surface area contributed by atoms with Crippen LogP contribution in [0.5, 0.6) is 0 Å². The zero-order valence-corrected chi connectivity index (χ0v) is 18.1. The van der Waals surface area contributed by atoms with Gasteiger partial charge < -0.3 is 15.2 Å². The molecule has 0 bridgehead atoms. The van der Waals surface area contributed by atoms with Crippen LogP contribution in [0.15, 0.2) is 38.1 Å². The Kier molecular flexibility index (Phi) is 5.11. The van der Waals surface area contributed by atoms with Crippen molar-refractivity contribution < 1.29 is 4.42 Å². The molecular formula is C20H22N6O2S2. The van der Waals surface area contributed by atoms with Crippen LogP contribution in [0.25, 0.3) is 21.5 Å². The Balaban J connectivity index is 1.41. The Labute approximate surface area is 180 Å². The first-order valence-electron chi connectivity index (χ1n) is 10.0. The van der Waals surface area contributed by atoms with Gasteiger partial charge in [-0.15, -0.1) is 21.5 Å². The van der Waals surface area contributed by atoms with E-state index >= 15 is 0 Å². The molecule has 5 rings (SSSR count). The maximum atomic E-state index is 12.8. The largest absolute Gasteiger partial charge is 0.464 e. The molecule has 1 unspecified atom stereocenters. The smallest absolute Gasteiger partial charge is 0.260 e. The van der Waals surface area contributed by atoms with Crippen molar-refractivity contribution in [3.63, 3.8) is 0 Å². The second kappa shape index (κ2) is 7.92. The van der Waals surface area contributed by atoms with Crippen molar-refractivity contribution >= 4 is 33.3 Å². The van der Waals surface area contributed by atoms with Gasteiger partial charge in [-0.3, -0.25) is 4.79 Å². The minimum atomic E-state index is -0.174. The summed E-state index contributed by atoms with van der Waals surface area (Å²) in [5.74, 6) is 8.79.